The average Bonchev–Trinajstić information content (AvgIpc) is 3.16. The summed E-state index contributed by atoms with van der Waals surface area (Å²) in [6.07, 6.45) is 2.81. The van der Waals surface area contributed by atoms with Crippen LogP contribution in [0.5, 0.6) is 0 Å². The molecule has 1 aliphatic rings. The zero-order valence-corrected chi connectivity index (χ0v) is 16.0. The minimum Gasteiger partial charge on any atom is -0.340 e. The number of hydrogen-bond donors (Lipinski definition) is 3. The predicted molar refractivity (Wildman–Crippen MR) is 110 cm³/mol. The highest BCUT2D eigenvalue weighted by atomic mass is 35.5. The van der Waals surface area contributed by atoms with Crippen LogP contribution >= 0.6 is 12.4 Å². The number of amides is 2. The van der Waals surface area contributed by atoms with E-state index in [1.165, 1.54) is 0 Å². The quantitative estimate of drug-likeness (QED) is 0.711. The molecule has 6 heteroatoms. The number of benzene rings is 2. The standard InChI is InChI=1S/C21H25N3O2.ClH/c22-14-16-10-7-13-18(16)20(25)24-19(15-8-3-1-4-9-15)21(26)23-17-11-5-2-6-12-17;/h1-6,8-9,11-12,16,18-19H,7,10,13-14,22H2,(H,23,26)(H,24,25);1H/t16-,18-,19?;/m1./s1. The first kappa shape index (κ1) is 20.9. The van der Waals surface area contributed by atoms with Gasteiger partial charge in [0.1, 0.15) is 6.04 Å². The SMILES string of the molecule is Cl.NC[C@H]1CCC[C@H]1C(=O)NC(C(=O)Nc1ccccc1)c1ccccc1. The minimum atomic E-state index is -0.733. The number of halogens is 1. The molecule has 0 aromatic heterocycles. The van der Waals surface area contributed by atoms with E-state index in [4.69, 9.17) is 5.73 Å². The second-order valence-electron chi connectivity index (χ2n) is 6.74. The molecule has 2 aromatic rings. The Kier molecular flexibility index (Phi) is 7.82. The molecule has 4 N–H and O–H groups in total. The van der Waals surface area contributed by atoms with Crippen LogP contribution < -0.4 is 16.4 Å². The maximum absolute atomic E-state index is 12.9. The number of carbonyl (C=O) groups excluding carboxylic acids is 2. The fourth-order valence-corrected chi connectivity index (χ4v) is 3.60. The van der Waals surface area contributed by atoms with Gasteiger partial charge in [-0.25, -0.2) is 0 Å². The molecule has 2 amide bonds. The van der Waals surface area contributed by atoms with E-state index in [9.17, 15) is 9.59 Å². The van der Waals surface area contributed by atoms with E-state index in [0.717, 1.165) is 24.8 Å². The molecule has 1 aliphatic carbocycles. The van der Waals surface area contributed by atoms with Crippen LogP contribution in [0, 0.1) is 11.8 Å². The fourth-order valence-electron chi connectivity index (χ4n) is 3.60. The molecular formula is C21H26ClN3O2. The average molecular weight is 388 g/mol. The molecular weight excluding hydrogens is 362 g/mol. The molecule has 0 bridgehead atoms. The van der Waals surface area contributed by atoms with Gasteiger partial charge in [-0.2, -0.15) is 0 Å². The molecule has 0 spiro atoms. The monoisotopic (exact) mass is 387 g/mol. The number of nitrogens with one attached hydrogen (secondary N) is 2. The number of anilines is 1. The van der Waals surface area contributed by atoms with Gasteiger partial charge < -0.3 is 16.4 Å². The van der Waals surface area contributed by atoms with Crippen molar-refractivity contribution >= 4 is 29.9 Å². The molecule has 144 valence electrons. The van der Waals surface area contributed by atoms with Crippen LogP contribution in [0.15, 0.2) is 60.7 Å². The van der Waals surface area contributed by atoms with Gasteiger partial charge in [0.05, 0.1) is 0 Å². The van der Waals surface area contributed by atoms with E-state index >= 15 is 0 Å². The Morgan fingerprint density at radius 2 is 1.63 bits per heavy atom. The number of rotatable bonds is 6. The van der Waals surface area contributed by atoms with Crippen LogP contribution in [0.25, 0.3) is 0 Å². The lowest BCUT2D eigenvalue weighted by Crippen LogP contribution is -2.41. The second-order valence-corrected chi connectivity index (χ2v) is 6.74. The summed E-state index contributed by atoms with van der Waals surface area (Å²) in [7, 11) is 0. The zero-order chi connectivity index (χ0) is 18.4. The first-order valence-electron chi connectivity index (χ1n) is 9.10. The van der Waals surface area contributed by atoms with Crippen LogP contribution in [-0.4, -0.2) is 18.4 Å². The highest BCUT2D eigenvalue weighted by molar-refractivity contribution is 5.98. The van der Waals surface area contributed by atoms with Gasteiger partial charge in [0, 0.05) is 11.6 Å². The third-order valence-electron chi connectivity index (χ3n) is 5.02. The molecule has 0 aliphatic heterocycles. The molecule has 2 aromatic carbocycles. The Morgan fingerprint density at radius 1 is 1.00 bits per heavy atom. The number of nitrogens with two attached hydrogens (primary N) is 1. The van der Waals surface area contributed by atoms with Gasteiger partial charge in [0.15, 0.2) is 0 Å². The smallest absolute Gasteiger partial charge is 0.251 e. The van der Waals surface area contributed by atoms with E-state index in [-0.39, 0.29) is 36.1 Å². The Bertz CT molecular complexity index is 740. The Morgan fingerprint density at radius 3 is 2.26 bits per heavy atom. The van der Waals surface area contributed by atoms with Crippen molar-refractivity contribution in [1.29, 1.82) is 0 Å². The van der Waals surface area contributed by atoms with Crippen molar-refractivity contribution in [1.82, 2.24) is 5.32 Å². The lowest BCUT2D eigenvalue weighted by molar-refractivity contribution is -0.130. The summed E-state index contributed by atoms with van der Waals surface area (Å²) < 4.78 is 0. The van der Waals surface area contributed by atoms with Crippen LogP contribution in [0.2, 0.25) is 0 Å². The zero-order valence-electron chi connectivity index (χ0n) is 15.1. The van der Waals surface area contributed by atoms with Gasteiger partial charge in [-0.3, -0.25) is 9.59 Å². The van der Waals surface area contributed by atoms with Gasteiger partial charge >= 0.3 is 0 Å². The fraction of sp³-hybridized carbons (Fsp3) is 0.333. The summed E-state index contributed by atoms with van der Waals surface area (Å²) in [5.74, 6) is -0.257. The predicted octanol–water partition coefficient (Wildman–Crippen LogP) is 3.28. The third kappa shape index (κ3) is 5.31. The van der Waals surface area contributed by atoms with Crippen LogP contribution in [0.3, 0.4) is 0 Å². The number of hydrogen-bond acceptors (Lipinski definition) is 3. The summed E-state index contributed by atoms with van der Waals surface area (Å²) >= 11 is 0. The normalized spacial score (nSPS) is 19.6. The van der Waals surface area contributed by atoms with Crippen molar-refractivity contribution < 1.29 is 9.59 Å². The number of para-hydroxylation sites is 1. The van der Waals surface area contributed by atoms with Gasteiger partial charge in [0.25, 0.3) is 5.91 Å². The molecule has 0 heterocycles. The Balaban J connectivity index is 0.00000261. The first-order valence-corrected chi connectivity index (χ1v) is 9.10. The van der Waals surface area contributed by atoms with Gasteiger partial charge in [-0.05, 0) is 43.0 Å². The van der Waals surface area contributed by atoms with E-state index in [0.29, 0.717) is 12.2 Å². The summed E-state index contributed by atoms with van der Waals surface area (Å²) in [4.78, 5) is 25.7. The van der Waals surface area contributed by atoms with Crippen LogP contribution in [0.4, 0.5) is 5.69 Å². The van der Waals surface area contributed by atoms with E-state index in [2.05, 4.69) is 10.6 Å². The maximum Gasteiger partial charge on any atom is 0.251 e. The van der Waals surface area contributed by atoms with Gasteiger partial charge in [-0.1, -0.05) is 55.0 Å². The molecule has 1 saturated carbocycles. The van der Waals surface area contributed by atoms with Crippen molar-refractivity contribution in [2.45, 2.75) is 25.3 Å². The molecule has 1 fully saturated rings. The lowest BCUT2D eigenvalue weighted by atomic mass is 9.94. The van der Waals surface area contributed by atoms with Crippen molar-refractivity contribution in [2.75, 3.05) is 11.9 Å². The van der Waals surface area contributed by atoms with Crippen LogP contribution in [0.1, 0.15) is 30.9 Å². The molecule has 1 unspecified atom stereocenters. The van der Waals surface area contributed by atoms with E-state index in [1.54, 1.807) is 0 Å². The highest BCUT2D eigenvalue weighted by Gasteiger charge is 2.34. The van der Waals surface area contributed by atoms with E-state index < -0.39 is 6.04 Å². The Labute approximate surface area is 166 Å². The molecule has 27 heavy (non-hydrogen) atoms. The summed E-state index contributed by atoms with van der Waals surface area (Å²) in [6.45, 7) is 0.504. The lowest BCUT2D eigenvalue weighted by Gasteiger charge is -2.23. The van der Waals surface area contributed by atoms with Crippen molar-refractivity contribution in [3.8, 4) is 0 Å². The van der Waals surface area contributed by atoms with Crippen molar-refractivity contribution in [3.05, 3.63) is 66.2 Å². The molecule has 0 radical (unpaired) electrons. The highest BCUT2D eigenvalue weighted by Crippen LogP contribution is 2.31. The molecule has 3 rings (SSSR count). The third-order valence-corrected chi connectivity index (χ3v) is 5.02. The molecule has 3 atom stereocenters. The maximum atomic E-state index is 12.9. The first-order chi connectivity index (χ1) is 12.7. The summed E-state index contributed by atoms with van der Waals surface area (Å²) in [5, 5.41) is 5.84. The van der Waals surface area contributed by atoms with Crippen molar-refractivity contribution in [3.63, 3.8) is 0 Å². The topological polar surface area (TPSA) is 84.2 Å². The Hall–Kier alpha value is -2.37. The van der Waals surface area contributed by atoms with Crippen molar-refractivity contribution in [2.24, 2.45) is 17.6 Å². The number of carbonyl (C=O) groups is 2. The summed E-state index contributed by atoms with van der Waals surface area (Å²) in [5.41, 5.74) is 7.27. The van der Waals surface area contributed by atoms with Gasteiger partial charge in [-0.15, -0.1) is 12.4 Å². The molecule has 0 saturated heterocycles. The van der Waals surface area contributed by atoms with Gasteiger partial charge in [0.2, 0.25) is 5.91 Å². The molecule has 5 nitrogen and oxygen atoms in total. The minimum absolute atomic E-state index is 0. The largest absolute Gasteiger partial charge is 0.340 e. The second kappa shape index (κ2) is 10.1. The van der Waals surface area contributed by atoms with E-state index in [1.807, 2.05) is 60.7 Å². The summed E-state index contributed by atoms with van der Waals surface area (Å²) in [6, 6.07) is 17.8. The van der Waals surface area contributed by atoms with Crippen LogP contribution in [-0.2, 0) is 9.59 Å².